The largest absolute Gasteiger partial charge is 0.573 e. The molecule has 2 aromatic heterocycles. The second-order valence-electron chi connectivity index (χ2n) is 13.3. The van der Waals surface area contributed by atoms with Crippen LogP contribution < -0.4 is 18.9 Å². The number of alkyl halides is 6. The van der Waals surface area contributed by atoms with Gasteiger partial charge in [0, 0.05) is 12.4 Å². The summed E-state index contributed by atoms with van der Waals surface area (Å²) in [6.45, 7) is 0.525. The lowest BCUT2D eigenvalue weighted by molar-refractivity contribution is -0.275. The molecule has 0 aliphatic heterocycles. The van der Waals surface area contributed by atoms with Crippen LogP contribution in [-0.4, -0.2) is 43.7 Å². The maximum Gasteiger partial charge on any atom is 0.573 e. The van der Waals surface area contributed by atoms with Crippen molar-refractivity contribution in [3.05, 3.63) is 144 Å². The number of benzene rings is 4. The van der Waals surface area contributed by atoms with E-state index in [2.05, 4.69) is 19.7 Å². The summed E-state index contributed by atoms with van der Waals surface area (Å²) in [6.07, 6.45) is -1.28. The predicted octanol–water partition coefficient (Wildman–Crippen LogP) is 10.1. The summed E-state index contributed by atoms with van der Waals surface area (Å²) in [6, 6.07) is 29.5. The third-order valence-electron chi connectivity index (χ3n) is 9.06. The Kier molecular flexibility index (Phi) is 13.4. The summed E-state index contributed by atoms with van der Waals surface area (Å²) in [5.41, 5.74) is 3.68. The number of aliphatic hydroxyl groups is 1. The maximum atomic E-state index is 12.4. The Bertz CT molecular complexity index is 2190. The number of hydrogen-bond acceptors (Lipinski definition) is 8. The van der Waals surface area contributed by atoms with Crippen LogP contribution in [-0.2, 0) is 13.2 Å². The van der Waals surface area contributed by atoms with Gasteiger partial charge in [-0.2, -0.15) is 0 Å². The highest BCUT2D eigenvalue weighted by Gasteiger charge is 2.32. The van der Waals surface area contributed by atoms with Gasteiger partial charge in [0.05, 0.1) is 28.6 Å². The highest BCUT2D eigenvalue weighted by Crippen LogP contribution is 2.38. The molecule has 58 heavy (non-hydrogen) atoms. The molecule has 1 unspecified atom stereocenters. The van der Waals surface area contributed by atoms with E-state index in [1.165, 1.54) is 58.4 Å². The molecule has 0 amide bonds. The van der Waals surface area contributed by atoms with Gasteiger partial charge in [-0.3, -0.25) is 4.79 Å². The highest BCUT2D eigenvalue weighted by molar-refractivity contribution is 5.78. The Morgan fingerprint density at radius 1 is 0.638 bits per heavy atom. The van der Waals surface area contributed by atoms with Crippen molar-refractivity contribution < 1.29 is 55.2 Å². The molecule has 0 bridgehead atoms. The molecule has 0 saturated heterocycles. The molecular weight excluding hydrogens is 770 g/mol. The van der Waals surface area contributed by atoms with E-state index in [4.69, 9.17) is 9.47 Å². The molecule has 0 spiro atoms. The summed E-state index contributed by atoms with van der Waals surface area (Å²) in [7, 11) is 0. The van der Waals surface area contributed by atoms with Crippen LogP contribution in [0.2, 0.25) is 0 Å². The van der Waals surface area contributed by atoms with Crippen molar-refractivity contribution in [3.8, 4) is 34.6 Å². The van der Waals surface area contributed by atoms with E-state index in [1.54, 1.807) is 6.20 Å². The number of carbonyl (C=O) groups is 1. The summed E-state index contributed by atoms with van der Waals surface area (Å²) >= 11 is 0. The van der Waals surface area contributed by atoms with Gasteiger partial charge < -0.3 is 24.1 Å². The number of aldehydes is 1. The molecule has 0 radical (unpaired) electrons. The third kappa shape index (κ3) is 11.9. The second-order valence-corrected chi connectivity index (χ2v) is 13.3. The fraction of sp³-hybridized carbons (Fsp3) is 0.262. The van der Waals surface area contributed by atoms with Gasteiger partial charge in [0.2, 0.25) is 11.8 Å². The van der Waals surface area contributed by atoms with E-state index in [-0.39, 0.29) is 35.5 Å². The van der Waals surface area contributed by atoms with Crippen molar-refractivity contribution in [2.24, 2.45) is 5.92 Å². The van der Waals surface area contributed by atoms with Crippen LogP contribution in [0.5, 0.6) is 23.3 Å². The van der Waals surface area contributed by atoms with E-state index in [9.17, 15) is 36.2 Å². The quantitative estimate of drug-likeness (QED) is 0.0908. The molecule has 1 aliphatic carbocycles. The molecule has 6 aromatic rings. The fourth-order valence-corrected chi connectivity index (χ4v) is 6.27. The topological polar surface area (TPSA) is 110 Å². The predicted molar refractivity (Wildman–Crippen MR) is 199 cm³/mol. The van der Waals surface area contributed by atoms with Crippen LogP contribution in [0.1, 0.15) is 65.3 Å². The van der Waals surface area contributed by atoms with Crippen molar-refractivity contribution in [3.63, 3.8) is 0 Å². The molecule has 7 rings (SSSR count). The molecular formula is C42H38F6N4O6. The summed E-state index contributed by atoms with van der Waals surface area (Å²) in [4.78, 5) is 11.2. The number of nitrogens with zero attached hydrogens (tertiary/aromatic N) is 4. The van der Waals surface area contributed by atoms with Crippen molar-refractivity contribution >= 4 is 6.29 Å². The number of aliphatic hydroxyl groups excluding tert-OH is 1. The lowest BCUT2D eigenvalue weighted by atomic mass is 9.83. The van der Waals surface area contributed by atoms with Gasteiger partial charge in [-0.15, -0.1) is 36.5 Å². The Morgan fingerprint density at radius 3 is 1.55 bits per heavy atom. The van der Waals surface area contributed by atoms with Crippen molar-refractivity contribution in [1.29, 1.82) is 0 Å². The number of halogens is 6. The van der Waals surface area contributed by atoms with Crippen LogP contribution in [0.3, 0.4) is 0 Å². The van der Waals surface area contributed by atoms with Crippen LogP contribution in [0.4, 0.5) is 26.3 Å². The SMILES string of the molecule is O=Cc1cn(-c2ccc(OC(F)(F)F)cc2)nc1OCc1ccccc1.OC(c1cn(-c2ccc(OC(F)(F)F)cc2)nc1OCc1ccccc1)C1CCCCC1. The molecule has 4 aromatic carbocycles. The van der Waals surface area contributed by atoms with Crippen molar-refractivity contribution in [2.45, 2.75) is 64.1 Å². The first-order valence-corrected chi connectivity index (χ1v) is 18.2. The molecule has 1 atom stereocenters. The smallest absolute Gasteiger partial charge is 0.471 e. The monoisotopic (exact) mass is 808 g/mol. The van der Waals surface area contributed by atoms with Crippen molar-refractivity contribution in [1.82, 2.24) is 19.6 Å². The minimum Gasteiger partial charge on any atom is -0.471 e. The van der Waals surface area contributed by atoms with Crippen LogP contribution in [0, 0.1) is 5.92 Å². The zero-order chi connectivity index (χ0) is 41.1. The van der Waals surface area contributed by atoms with Gasteiger partial charge in [-0.1, -0.05) is 79.9 Å². The van der Waals surface area contributed by atoms with Gasteiger partial charge >= 0.3 is 12.7 Å². The Labute approximate surface area is 329 Å². The molecule has 10 nitrogen and oxygen atoms in total. The molecule has 1 saturated carbocycles. The second kappa shape index (κ2) is 18.8. The number of carbonyl (C=O) groups excluding carboxylic acids is 1. The average molecular weight is 809 g/mol. The zero-order valence-electron chi connectivity index (χ0n) is 30.8. The Balaban J connectivity index is 0.000000200. The molecule has 16 heteroatoms. The van der Waals surface area contributed by atoms with Gasteiger partial charge in [-0.05, 0) is 78.4 Å². The van der Waals surface area contributed by atoms with E-state index in [0.29, 0.717) is 35.7 Å². The number of aromatic nitrogens is 4. The van der Waals surface area contributed by atoms with E-state index in [1.807, 2.05) is 60.7 Å². The standard InChI is InChI=1S/C24H25F3N2O3.C18H13F3N2O3/c25-24(26,27)32-20-13-11-19(12-14-20)29-15-21(22(30)18-9-5-2-6-10-18)23(28-29)31-16-17-7-3-1-4-8-17;19-18(20,21)26-16-8-6-15(7-9-16)23-10-14(11-24)17(22-23)25-12-13-4-2-1-3-5-13/h1,3-4,7-8,11-15,18,22,30H,2,5-6,9-10,16H2;1-11H,12H2. The van der Waals surface area contributed by atoms with Crippen LogP contribution in [0.15, 0.2) is 122 Å². The van der Waals surface area contributed by atoms with Gasteiger partial charge in [0.25, 0.3) is 0 Å². The molecule has 1 N–H and O–H groups in total. The lowest BCUT2D eigenvalue weighted by Gasteiger charge is -2.26. The highest BCUT2D eigenvalue weighted by atomic mass is 19.4. The average Bonchev–Trinajstić information content (AvgIpc) is 3.84. The lowest BCUT2D eigenvalue weighted by Crippen LogP contribution is -2.17. The molecule has 1 aliphatic rings. The fourth-order valence-electron chi connectivity index (χ4n) is 6.27. The van der Waals surface area contributed by atoms with E-state index in [0.717, 1.165) is 48.9 Å². The van der Waals surface area contributed by atoms with Gasteiger partial charge in [-0.25, -0.2) is 9.36 Å². The molecule has 304 valence electrons. The van der Waals surface area contributed by atoms with E-state index >= 15 is 0 Å². The molecule has 1 fully saturated rings. The summed E-state index contributed by atoms with van der Waals surface area (Å²) < 4.78 is 96.0. The minimum atomic E-state index is -4.75. The van der Waals surface area contributed by atoms with Crippen molar-refractivity contribution in [2.75, 3.05) is 0 Å². The zero-order valence-corrected chi connectivity index (χ0v) is 30.8. The number of hydrogen-bond donors (Lipinski definition) is 1. The third-order valence-corrected chi connectivity index (χ3v) is 9.06. The van der Waals surface area contributed by atoms with Crippen LogP contribution >= 0.6 is 0 Å². The number of rotatable bonds is 13. The molecule has 2 heterocycles. The number of ether oxygens (including phenoxy) is 4. The maximum absolute atomic E-state index is 12.4. The Hall–Kier alpha value is -6.29. The summed E-state index contributed by atoms with van der Waals surface area (Å²) in [5, 5.41) is 19.7. The van der Waals surface area contributed by atoms with Gasteiger partial charge in [0.1, 0.15) is 24.7 Å². The normalized spacial score (nSPS) is 13.8. The van der Waals surface area contributed by atoms with E-state index < -0.39 is 18.8 Å². The first-order valence-electron chi connectivity index (χ1n) is 18.2. The van der Waals surface area contributed by atoms with Crippen LogP contribution in [0.25, 0.3) is 11.4 Å². The first kappa shape index (κ1) is 41.3. The minimum absolute atomic E-state index is 0.128. The summed E-state index contributed by atoms with van der Waals surface area (Å²) in [5.74, 6) is -0.0639. The van der Waals surface area contributed by atoms with Gasteiger partial charge in [0.15, 0.2) is 6.29 Å². The Morgan fingerprint density at radius 2 is 1.09 bits per heavy atom. The first-order chi connectivity index (χ1) is 27.8.